The zero-order valence-electron chi connectivity index (χ0n) is 21.1. The van der Waals surface area contributed by atoms with Crippen molar-refractivity contribution in [2.75, 3.05) is 20.2 Å². The van der Waals surface area contributed by atoms with Gasteiger partial charge in [0, 0.05) is 35.1 Å². The lowest BCUT2D eigenvalue weighted by molar-refractivity contribution is -0.128. The average Bonchev–Trinajstić information content (AvgIpc) is 3.15. The van der Waals surface area contributed by atoms with Gasteiger partial charge < -0.3 is 14.2 Å². The number of carbonyl (C=O) groups is 2. The molecule has 1 amide bonds. The molecule has 1 saturated heterocycles. The topological polar surface area (TPSA) is 51.5 Å². The maximum Gasteiger partial charge on any atom is 0.337 e. The van der Waals surface area contributed by atoms with Crippen molar-refractivity contribution in [2.24, 2.45) is 0 Å². The molecule has 3 aromatic rings. The number of piperidine rings is 1. The fraction of sp³-hybridized carbons (Fsp3) is 0.419. The summed E-state index contributed by atoms with van der Waals surface area (Å²) < 4.78 is 7.36. The summed E-state index contributed by atoms with van der Waals surface area (Å²) in [6.45, 7) is 2.17. The minimum Gasteiger partial charge on any atom is -0.465 e. The Hall–Kier alpha value is -3.34. The zero-order chi connectivity index (χ0) is 24.6. The van der Waals surface area contributed by atoms with Gasteiger partial charge in [-0.05, 0) is 67.4 Å². The number of benzene rings is 2. The van der Waals surface area contributed by atoms with Gasteiger partial charge in [0.15, 0.2) is 0 Å². The number of fused-ring (bicyclic) bond motifs is 5. The number of nitrogens with zero attached hydrogens (tertiary/aromatic N) is 2. The van der Waals surface area contributed by atoms with Gasteiger partial charge in [0.1, 0.15) is 0 Å². The molecule has 1 aromatic heterocycles. The first-order valence-electron chi connectivity index (χ1n) is 13.5. The highest BCUT2D eigenvalue weighted by molar-refractivity contribution is 6.03. The Bertz CT molecular complexity index is 1350. The molecule has 2 aliphatic heterocycles. The standard InChI is InChI=1S/C31H34N2O3/c1-36-31(35)23-14-15-26-27(19-23)33-20-24(30(34)32-16-8-3-9-17-32)18-22-12-6-7-13-25(22)29(33)28(26)21-10-4-2-5-11-21/h6-7,12-15,18-19,21H,2-5,8-11,16-17,20H2,1H3. The molecule has 6 rings (SSSR count). The fourth-order valence-corrected chi connectivity index (χ4v) is 6.55. The normalized spacial score (nSPS) is 18.2. The Balaban J connectivity index is 1.58. The molecule has 0 spiro atoms. The monoisotopic (exact) mass is 482 g/mol. The van der Waals surface area contributed by atoms with Crippen LogP contribution in [0.15, 0.2) is 48.0 Å². The van der Waals surface area contributed by atoms with Gasteiger partial charge in [0.25, 0.3) is 5.91 Å². The molecule has 0 bridgehead atoms. The first kappa shape index (κ1) is 23.1. The van der Waals surface area contributed by atoms with Gasteiger partial charge in [0.2, 0.25) is 0 Å². The molecule has 0 unspecified atom stereocenters. The largest absolute Gasteiger partial charge is 0.465 e. The molecule has 36 heavy (non-hydrogen) atoms. The number of likely N-dealkylation sites (tertiary alicyclic amines) is 1. The van der Waals surface area contributed by atoms with Crippen LogP contribution >= 0.6 is 0 Å². The second kappa shape index (κ2) is 9.61. The number of methoxy groups -OCH3 is 1. The van der Waals surface area contributed by atoms with Gasteiger partial charge >= 0.3 is 5.97 Å². The van der Waals surface area contributed by atoms with Gasteiger partial charge in [0.05, 0.1) is 24.9 Å². The molecule has 3 heterocycles. The van der Waals surface area contributed by atoms with Crippen LogP contribution in [0.3, 0.4) is 0 Å². The van der Waals surface area contributed by atoms with Crippen molar-refractivity contribution in [3.8, 4) is 11.3 Å². The van der Waals surface area contributed by atoms with Crippen LogP contribution in [0.5, 0.6) is 0 Å². The van der Waals surface area contributed by atoms with Gasteiger partial charge in [-0.3, -0.25) is 4.79 Å². The van der Waals surface area contributed by atoms with E-state index in [1.54, 1.807) is 0 Å². The van der Waals surface area contributed by atoms with E-state index >= 15 is 0 Å². The first-order chi connectivity index (χ1) is 17.7. The molecule has 1 aliphatic carbocycles. The third-order valence-corrected chi connectivity index (χ3v) is 8.33. The highest BCUT2D eigenvalue weighted by atomic mass is 16.5. The lowest BCUT2D eigenvalue weighted by atomic mass is 9.81. The zero-order valence-corrected chi connectivity index (χ0v) is 21.1. The van der Waals surface area contributed by atoms with Crippen LogP contribution in [0, 0.1) is 0 Å². The average molecular weight is 483 g/mol. The van der Waals surface area contributed by atoms with Crippen LogP contribution in [-0.2, 0) is 16.1 Å². The highest BCUT2D eigenvalue weighted by Crippen LogP contribution is 2.46. The summed E-state index contributed by atoms with van der Waals surface area (Å²) in [6.07, 6.45) is 11.6. The number of amides is 1. The van der Waals surface area contributed by atoms with Gasteiger partial charge in [-0.25, -0.2) is 4.79 Å². The number of aromatic nitrogens is 1. The molecule has 3 aliphatic rings. The lowest BCUT2D eigenvalue weighted by Crippen LogP contribution is -2.37. The van der Waals surface area contributed by atoms with Crippen molar-refractivity contribution in [1.82, 2.24) is 9.47 Å². The third-order valence-electron chi connectivity index (χ3n) is 8.33. The SMILES string of the molecule is COC(=O)c1ccc2c(C3CCCCC3)c3n(c2c1)CC(C(=O)N1CCCCC1)=Cc1ccccc1-3. The van der Waals surface area contributed by atoms with Crippen molar-refractivity contribution >= 4 is 28.9 Å². The summed E-state index contributed by atoms with van der Waals surface area (Å²) in [4.78, 5) is 28.3. The minimum absolute atomic E-state index is 0.141. The summed E-state index contributed by atoms with van der Waals surface area (Å²) in [5.74, 6) is 0.289. The third kappa shape index (κ3) is 3.95. The Labute approximate surface area is 212 Å². The van der Waals surface area contributed by atoms with Crippen molar-refractivity contribution in [3.63, 3.8) is 0 Å². The molecule has 2 aromatic carbocycles. The fourth-order valence-electron chi connectivity index (χ4n) is 6.55. The smallest absolute Gasteiger partial charge is 0.337 e. The van der Waals surface area contributed by atoms with Gasteiger partial charge in [-0.1, -0.05) is 49.6 Å². The molecule has 186 valence electrons. The number of ether oxygens (including phenoxy) is 1. The summed E-state index contributed by atoms with van der Waals surface area (Å²) in [7, 11) is 1.42. The molecule has 0 radical (unpaired) electrons. The van der Waals surface area contributed by atoms with E-state index in [-0.39, 0.29) is 11.9 Å². The number of esters is 1. The van der Waals surface area contributed by atoms with E-state index in [1.165, 1.54) is 67.8 Å². The van der Waals surface area contributed by atoms with E-state index in [2.05, 4.69) is 41.0 Å². The summed E-state index contributed by atoms with van der Waals surface area (Å²) in [5, 5.41) is 1.20. The van der Waals surface area contributed by atoms with Crippen molar-refractivity contribution in [1.29, 1.82) is 0 Å². The van der Waals surface area contributed by atoms with Crippen LogP contribution in [0.25, 0.3) is 28.2 Å². The van der Waals surface area contributed by atoms with E-state index in [0.29, 0.717) is 18.0 Å². The lowest BCUT2D eigenvalue weighted by Gasteiger charge is -2.28. The molecule has 1 saturated carbocycles. The van der Waals surface area contributed by atoms with E-state index in [9.17, 15) is 9.59 Å². The Morgan fingerprint density at radius 1 is 0.917 bits per heavy atom. The highest BCUT2D eigenvalue weighted by Gasteiger charge is 2.31. The number of hydrogen-bond donors (Lipinski definition) is 0. The van der Waals surface area contributed by atoms with Crippen molar-refractivity contribution in [3.05, 3.63) is 64.7 Å². The minimum atomic E-state index is -0.333. The molecule has 0 atom stereocenters. The molecular weight excluding hydrogens is 448 g/mol. The van der Waals surface area contributed by atoms with E-state index in [1.807, 2.05) is 17.0 Å². The second-order valence-corrected chi connectivity index (χ2v) is 10.5. The van der Waals surface area contributed by atoms with E-state index in [4.69, 9.17) is 4.74 Å². The summed E-state index contributed by atoms with van der Waals surface area (Å²) in [6, 6.07) is 14.4. The van der Waals surface area contributed by atoms with Crippen molar-refractivity contribution < 1.29 is 14.3 Å². The summed E-state index contributed by atoms with van der Waals surface area (Å²) in [5.41, 5.74) is 7.26. The van der Waals surface area contributed by atoms with Crippen LogP contribution in [0.4, 0.5) is 0 Å². The molecule has 0 N–H and O–H groups in total. The van der Waals surface area contributed by atoms with E-state index < -0.39 is 0 Å². The van der Waals surface area contributed by atoms with Crippen molar-refractivity contribution in [2.45, 2.75) is 63.8 Å². The second-order valence-electron chi connectivity index (χ2n) is 10.5. The van der Waals surface area contributed by atoms with Crippen LogP contribution in [0.1, 0.15) is 78.8 Å². The predicted molar refractivity (Wildman–Crippen MR) is 143 cm³/mol. The maximum absolute atomic E-state index is 13.8. The number of hydrogen-bond acceptors (Lipinski definition) is 3. The quantitative estimate of drug-likeness (QED) is 0.398. The predicted octanol–water partition coefficient (Wildman–Crippen LogP) is 6.55. The summed E-state index contributed by atoms with van der Waals surface area (Å²) >= 11 is 0. The van der Waals surface area contributed by atoms with E-state index in [0.717, 1.165) is 42.6 Å². The van der Waals surface area contributed by atoms with Gasteiger partial charge in [-0.2, -0.15) is 0 Å². The molecule has 5 heteroatoms. The Morgan fingerprint density at radius 3 is 2.44 bits per heavy atom. The maximum atomic E-state index is 13.8. The Kier molecular flexibility index (Phi) is 6.16. The molecule has 5 nitrogen and oxygen atoms in total. The van der Waals surface area contributed by atoms with Gasteiger partial charge in [-0.15, -0.1) is 0 Å². The van der Waals surface area contributed by atoms with Crippen LogP contribution in [0.2, 0.25) is 0 Å². The molecule has 2 fully saturated rings. The first-order valence-corrected chi connectivity index (χ1v) is 13.5. The Morgan fingerprint density at radius 2 is 1.67 bits per heavy atom. The molecular formula is C31H34N2O3. The van der Waals surface area contributed by atoms with Crippen LogP contribution < -0.4 is 0 Å². The van der Waals surface area contributed by atoms with Crippen LogP contribution in [-0.4, -0.2) is 41.5 Å². The number of rotatable bonds is 3. The number of carbonyl (C=O) groups excluding carboxylic acids is 2.